The molecule has 0 amide bonds. The number of nitro benzene ring substituents is 1. The summed E-state index contributed by atoms with van der Waals surface area (Å²) in [6.45, 7) is 0.0466. The predicted octanol–water partition coefficient (Wildman–Crippen LogP) is 2.26. The van der Waals surface area contributed by atoms with Crippen molar-refractivity contribution in [3.63, 3.8) is 0 Å². The van der Waals surface area contributed by atoms with E-state index in [4.69, 9.17) is 26.2 Å². The highest BCUT2D eigenvalue weighted by atomic mass is 35.5. The quantitative estimate of drug-likeness (QED) is 0.661. The third-order valence-corrected chi connectivity index (χ3v) is 3.16. The molecule has 1 heterocycles. The molecule has 0 aromatic heterocycles. The number of rotatable bonds is 5. The average molecular weight is 302 g/mol. The van der Waals surface area contributed by atoms with Crippen LogP contribution in [0.1, 0.15) is 12.8 Å². The number of hydrogen-bond acceptors (Lipinski definition) is 5. The van der Waals surface area contributed by atoms with E-state index in [0.717, 1.165) is 0 Å². The highest BCUT2D eigenvalue weighted by molar-refractivity contribution is 6.30. The Morgan fingerprint density at radius 1 is 1.55 bits per heavy atom. The second kappa shape index (κ2) is 6.06. The van der Waals surface area contributed by atoms with E-state index in [1.54, 1.807) is 0 Å². The number of ether oxygens (including phenoxy) is 2. The molecule has 1 saturated heterocycles. The third kappa shape index (κ3) is 3.37. The zero-order valence-electron chi connectivity index (χ0n) is 10.3. The van der Waals surface area contributed by atoms with Gasteiger partial charge in [0.1, 0.15) is 6.61 Å². The molecule has 1 aliphatic rings. The Labute approximate surface area is 119 Å². The zero-order valence-corrected chi connectivity index (χ0v) is 11.1. The Morgan fingerprint density at radius 2 is 2.30 bits per heavy atom. The summed E-state index contributed by atoms with van der Waals surface area (Å²) in [6, 6.07) is 4.01. The van der Waals surface area contributed by atoms with Crippen molar-refractivity contribution in [1.82, 2.24) is 0 Å². The molecular formula is C12H12ClNO6. The first-order valence-electron chi connectivity index (χ1n) is 5.92. The van der Waals surface area contributed by atoms with E-state index in [0.29, 0.717) is 17.9 Å². The van der Waals surface area contributed by atoms with Crippen LogP contribution in [0.15, 0.2) is 18.2 Å². The molecule has 1 aromatic carbocycles. The first kappa shape index (κ1) is 14.5. The molecule has 1 N–H and O–H groups in total. The first-order chi connectivity index (χ1) is 9.47. The van der Waals surface area contributed by atoms with Gasteiger partial charge in [-0.05, 0) is 18.9 Å². The Morgan fingerprint density at radius 3 is 2.90 bits per heavy atom. The summed E-state index contributed by atoms with van der Waals surface area (Å²) >= 11 is 5.77. The lowest BCUT2D eigenvalue weighted by Gasteiger charge is -2.13. The summed E-state index contributed by atoms with van der Waals surface area (Å²) in [4.78, 5) is 21.0. The number of carboxylic acids is 1. The molecule has 0 radical (unpaired) electrons. The van der Waals surface area contributed by atoms with Crippen LogP contribution in [0.25, 0.3) is 0 Å². The van der Waals surface area contributed by atoms with Crippen LogP contribution in [0.5, 0.6) is 5.75 Å². The van der Waals surface area contributed by atoms with Crippen molar-refractivity contribution in [2.75, 3.05) is 6.61 Å². The molecule has 1 aromatic rings. The molecule has 0 bridgehead atoms. The zero-order chi connectivity index (χ0) is 14.7. The topological polar surface area (TPSA) is 98.9 Å². The summed E-state index contributed by atoms with van der Waals surface area (Å²) in [7, 11) is 0. The number of nitrogens with zero attached hydrogens (tertiary/aromatic N) is 1. The minimum Gasteiger partial charge on any atom is -0.484 e. The van der Waals surface area contributed by atoms with Crippen molar-refractivity contribution in [3.8, 4) is 5.75 Å². The Balaban J connectivity index is 1.99. The Hall–Kier alpha value is -1.86. The second-order valence-electron chi connectivity index (χ2n) is 4.34. The molecule has 2 unspecified atom stereocenters. The van der Waals surface area contributed by atoms with Gasteiger partial charge in [0.15, 0.2) is 11.9 Å². The van der Waals surface area contributed by atoms with Crippen LogP contribution in [0.4, 0.5) is 5.69 Å². The fourth-order valence-electron chi connectivity index (χ4n) is 1.95. The average Bonchev–Trinajstić information content (AvgIpc) is 2.85. The van der Waals surface area contributed by atoms with Crippen LogP contribution in [0, 0.1) is 10.1 Å². The maximum absolute atomic E-state index is 10.8. The van der Waals surface area contributed by atoms with Gasteiger partial charge in [0, 0.05) is 17.2 Å². The van der Waals surface area contributed by atoms with E-state index in [9.17, 15) is 14.9 Å². The van der Waals surface area contributed by atoms with Crippen LogP contribution in [-0.2, 0) is 9.53 Å². The van der Waals surface area contributed by atoms with Gasteiger partial charge in [-0.3, -0.25) is 10.1 Å². The number of aliphatic carboxylic acids is 1. The van der Waals surface area contributed by atoms with E-state index in [2.05, 4.69) is 0 Å². The number of carbonyl (C=O) groups is 1. The number of hydrogen-bond donors (Lipinski definition) is 1. The summed E-state index contributed by atoms with van der Waals surface area (Å²) in [5, 5.41) is 20.0. The van der Waals surface area contributed by atoms with E-state index in [-0.39, 0.29) is 18.0 Å². The van der Waals surface area contributed by atoms with E-state index in [1.807, 2.05) is 0 Å². The molecule has 2 rings (SSSR count). The lowest BCUT2D eigenvalue weighted by Crippen LogP contribution is -2.23. The molecule has 7 nitrogen and oxygen atoms in total. The SMILES string of the molecule is O=C(O)C1CCC(COc2cc(Cl)ccc2[N+](=O)[O-])O1. The molecule has 20 heavy (non-hydrogen) atoms. The number of nitro groups is 1. The van der Waals surface area contributed by atoms with Gasteiger partial charge in [0.05, 0.1) is 11.0 Å². The summed E-state index contributed by atoms with van der Waals surface area (Å²) in [5.41, 5.74) is -0.192. The van der Waals surface area contributed by atoms with Crippen molar-refractivity contribution in [2.24, 2.45) is 0 Å². The van der Waals surface area contributed by atoms with Crippen LogP contribution in [0.3, 0.4) is 0 Å². The molecule has 0 aliphatic carbocycles. The molecule has 1 aliphatic heterocycles. The van der Waals surface area contributed by atoms with Crippen molar-refractivity contribution in [2.45, 2.75) is 25.0 Å². The van der Waals surface area contributed by atoms with Crippen LogP contribution in [0.2, 0.25) is 5.02 Å². The van der Waals surface area contributed by atoms with Gasteiger partial charge < -0.3 is 14.6 Å². The lowest BCUT2D eigenvalue weighted by molar-refractivity contribution is -0.385. The van der Waals surface area contributed by atoms with Crippen molar-refractivity contribution in [3.05, 3.63) is 33.3 Å². The largest absolute Gasteiger partial charge is 0.484 e. The van der Waals surface area contributed by atoms with Crippen molar-refractivity contribution >= 4 is 23.3 Å². The molecule has 0 spiro atoms. The molecule has 0 saturated carbocycles. The number of benzene rings is 1. The van der Waals surface area contributed by atoms with Crippen molar-refractivity contribution < 1.29 is 24.3 Å². The maximum Gasteiger partial charge on any atom is 0.332 e. The highest BCUT2D eigenvalue weighted by Crippen LogP contribution is 2.31. The second-order valence-corrected chi connectivity index (χ2v) is 4.78. The van der Waals surface area contributed by atoms with Gasteiger partial charge >= 0.3 is 11.7 Å². The highest BCUT2D eigenvalue weighted by Gasteiger charge is 2.31. The van der Waals surface area contributed by atoms with Crippen LogP contribution in [-0.4, -0.2) is 34.8 Å². The van der Waals surface area contributed by atoms with E-state index < -0.39 is 23.1 Å². The summed E-state index contributed by atoms with van der Waals surface area (Å²) in [6.07, 6.45) is -0.292. The fraction of sp³-hybridized carbons (Fsp3) is 0.417. The standard InChI is InChI=1S/C12H12ClNO6/c13-7-1-3-9(14(17)18)11(5-7)19-6-8-2-4-10(20-8)12(15)16/h1,3,5,8,10H,2,4,6H2,(H,15,16). The molecule has 108 valence electrons. The van der Waals surface area contributed by atoms with E-state index in [1.165, 1.54) is 18.2 Å². The monoisotopic (exact) mass is 301 g/mol. The lowest BCUT2D eigenvalue weighted by atomic mass is 10.2. The Kier molecular flexibility index (Phi) is 4.41. The predicted molar refractivity (Wildman–Crippen MR) is 69.1 cm³/mol. The summed E-state index contributed by atoms with van der Waals surface area (Å²) < 4.78 is 10.6. The van der Waals surface area contributed by atoms with Gasteiger partial charge in [0.25, 0.3) is 0 Å². The van der Waals surface area contributed by atoms with Crippen LogP contribution < -0.4 is 4.74 Å². The van der Waals surface area contributed by atoms with E-state index >= 15 is 0 Å². The van der Waals surface area contributed by atoms with Gasteiger partial charge in [-0.15, -0.1) is 0 Å². The normalized spacial score (nSPS) is 21.6. The molecule has 8 heteroatoms. The first-order valence-corrected chi connectivity index (χ1v) is 6.30. The smallest absolute Gasteiger partial charge is 0.332 e. The van der Waals surface area contributed by atoms with Crippen LogP contribution >= 0.6 is 11.6 Å². The minimum atomic E-state index is -1.01. The molecule has 1 fully saturated rings. The number of halogens is 1. The summed E-state index contributed by atoms with van der Waals surface area (Å²) in [5.74, 6) is -0.967. The van der Waals surface area contributed by atoms with Gasteiger partial charge in [-0.25, -0.2) is 4.79 Å². The van der Waals surface area contributed by atoms with Gasteiger partial charge in [-0.2, -0.15) is 0 Å². The van der Waals surface area contributed by atoms with Gasteiger partial charge in [-0.1, -0.05) is 11.6 Å². The Bertz CT molecular complexity index is 535. The number of carboxylic acid groups (broad SMARTS) is 1. The minimum absolute atomic E-state index is 0.0462. The fourth-order valence-corrected chi connectivity index (χ4v) is 2.11. The maximum atomic E-state index is 10.8. The molecule has 2 atom stereocenters. The van der Waals surface area contributed by atoms with Crippen molar-refractivity contribution in [1.29, 1.82) is 0 Å². The van der Waals surface area contributed by atoms with Gasteiger partial charge in [0.2, 0.25) is 0 Å². The molecular weight excluding hydrogens is 290 g/mol. The third-order valence-electron chi connectivity index (χ3n) is 2.93.